The van der Waals surface area contributed by atoms with Crippen LogP contribution in [0.4, 0.5) is 8.78 Å². The van der Waals surface area contributed by atoms with Crippen molar-refractivity contribution in [3.63, 3.8) is 0 Å². The Balaban J connectivity index is 0.885. The first-order valence-electron chi connectivity index (χ1n) is 19.2. The van der Waals surface area contributed by atoms with Crippen molar-refractivity contribution in [1.29, 1.82) is 0 Å². The number of H-pyrrole nitrogens is 2. The van der Waals surface area contributed by atoms with E-state index in [0.29, 0.717) is 17.3 Å². The van der Waals surface area contributed by atoms with Gasteiger partial charge in [-0.05, 0) is 110 Å². The largest absolute Gasteiger partial charge is 0.340 e. The summed E-state index contributed by atoms with van der Waals surface area (Å²) in [5.41, 5.74) is 5.92. The highest BCUT2D eigenvalue weighted by atomic mass is 19.1. The van der Waals surface area contributed by atoms with Crippen LogP contribution in [0.25, 0.3) is 22.3 Å². The topological polar surface area (TPSA) is 98.0 Å². The molecule has 4 aliphatic rings. The fourth-order valence-corrected chi connectivity index (χ4v) is 8.62. The van der Waals surface area contributed by atoms with E-state index in [-0.39, 0.29) is 47.2 Å². The second-order valence-corrected chi connectivity index (χ2v) is 16.6. The number of likely N-dealkylation sites (tertiary alicyclic amines) is 2. The van der Waals surface area contributed by atoms with E-state index in [9.17, 15) is 18.4 Å². The molecule has 9 rings (SSSR count). The summed E-state index contributed by atoms with van der Waals surface area (Å²) in [5, 5.41) is 0. The van der Waals surface area contributed by atoms with Gasteiger partial charge in [0.05, 0.1) is 40.9 Å². The number of fused-ring (bicyclic) bond motifs is 2. The van der Waals surface area contributed by atoms with Gasteiger partial charge < -0.3 is 19.8 Å². The molecule has 2 saturated heterocycles. The number of carbonyl (C=O) groups is 2. The lowest BCUT2D eigenvalue weighted by atomic mass is 9.96. The lowest BCUT2D eigenvalue weighted by molar-refractivity contribution is -0.137. The lowest BCUT2D eigenvalue weighted by Gasteiger charge is -2.29. The summed E-state index contributed by atoms with van der Waals surface area (Å²) in [6, 6.07) is 17.2. The molecular formula is C44H44F2N6O2. The fourth-order valence-electron chi connectivity index (χ4n) is 8.62. The molecule has 6 atom stereocenters. The number of halogens is 2. The van der Waals surface area contributed by atoms with Gasteiger partial charge in [-0.15, -0.1) is 0 Å². The Bertz CT molecular complexity index is 2330. The molecule has 4 heterocycles. The van der Waals surface area contributed by atoms with Crippen LogP contribution in [0, 0.1) is 46.6 Å². The molecule has 1 spiro atoms. The highest BCUT2D eigenvalue weighted by Gasteiger charge is 2.56. The molecule has 0 radical (unpaired) electrons. The van der Waals surface area contributed by atoms with Crippen LogP contribution in [0.15, 0.2) is 66.9 Å². The predicted molar refractivity (Wildman–Crippen MR) is 202 cm³/mol. The van der Waals surface area contributed by atoms with Gasteiger partial charge >= 0.3 is 0 Å². The van der Waals surface area contributed by atoms with Gasteiger partial charge in [0, 0.05) is 35.7 Å². The zero-order valence-corrected chi connectivity index (χ0v) is 31.0. The van der Waals surface area contributed by atoms with Crippen molar-refractivity contribution in [2.45, 2.75) is 83.8 Å². The van der Waals surface area contributed by atoms with Crippen LogP contribution in [0.3, 0.4) is 0 Å². The van der Waals surface area contributed by atoms with Crippen LogP contribution in [0.1, 0.15) is 106 Å². The number of rotatable bonds is 7. The lowest BCUT2D eigenvalue weighted by Crippen LogP contribution is -2.37. The van der Waals surface area contributed by atoms with Gasteiger partial charge in [0.2, 0.25) is 11.8 Å². The highest BCUT2D eigenvalue weighted by molar-refractivity contribution is 5.85. The first kappa shape index (κ1) is 34.5. The molecule has 8 nitrogen and oxygen atoms in total. The van der Waals surface area contributed by atoms with E-state index in [0.717, 1.165) is 71.1 Å². The summed E-state index contributed by atoms with van der Waals surface area (Å²) in [4.78, 5) is 47.8. The SMILES string of the molecule is CC(C)[C@H](C)C(=O)N1CC2(CC2)C[C@H]1c1nc2ccc(C#Cc3ccc(-c4cnc([C@@H]5C[C@H]6C[C@H]6N5C(=O)[C@H](C)c5cc(F)cc(F)c5)[nH]4)cc3)cc2[nH]1. The molecule has 4 fully saturated rings. The monoisotopic (exact) mass is 726 g/mol. The molecule has 2 N–H and O–H groups in total. The van der Waals surface area contributed by atoms with Gasteiger partial charge in [0.15, 0.2) is 0 Å². The molecule has 0 unspecified atom stereocenters. The summed E-state index contributed by atoms with van der Waals surface area (Å²) in [5.74, 6) is 6.88. The number of carbonyl (C=O) groups excluding carboxylic acids is 2. The van der Waals surface area contributed by atoms with Crippen LogP contribution in [-0.4, -0.2) is 54.1 Å². The molecule has 2 aromatic heterocycles. The van der Waals surface area contributed by atoms with Crippen molar-refractivity contribution in [1.82, 2.24) is 29.7 Å². The Kier molecular flexibility index (Phi) is 8.25. The smallest absolute Gasteiger partial charge is 0.230 e. The van der Waals surface area contributed by atoms with E-state index in [1.165, 1.54) is 25.0 Å². The molecular weight excluding hydrogens is 683 g/mol. The van der Waals surface area contributed by atoms with E-state index >= 15 is 0 Å². The molecule has 2 aliphatic carbocycles. The average molecular weight is 727 g/mol. The second-order valence-electron chi connectivity index (χ2n) is 16.6. The number of imidazole rings is 2. The second kappa shape index (κ2) is 12.9. The van der Waals surface area contributed by atoms with Gasteiger partial charge in [-0.25, -0.2) is 18.7 Å². The highest BCUT2D eigenvalue weighted by Crippen LogP contribution is 2.58. The van der Waals surface area contributed by atoms with Crippen molar-refractivity contribution in [3.8, 4) is 23.1 Å². The maximum atomic E-state index is 13.9. The predicted octanol–water partition coefficient (Wildman–Crippen LogP) is 8.44. The van der Waals surface area contributed by atoms with E-state index in [1.54, 1.807) is 13.1 Å². The maximum Gasteiger partial charge on any atom is 0.230 e. The first-order chi connectivity index (χ1) is 25.9. The van der Waals surface area contributed by atoms with Crippen molar-refractivity contribution < 1.29 is 18.4 Å². The van der Waals surface area contributed by atoms with Crippen molar-refractivity contribution >= 4 is 22.8 Å². The molecule has 2 saturated carbocycles. The molecule has 5 aromatic rings. The van der Waals surface area contributed by atoms with Gasteiger partial charge in [-0.1, -0.05) is 44.7 Å². The van der Waals surface area contributed by atoms with Crippen molar-refractivity contribution in [2.24, 2.45) is 23.2 Å². The molecule has 10 heteroatoms. The zero-order valence-electron chi connectivity index (χ0n) is 31.0. The number of piperidine rings is 1. The Labute approximate surface area is 313 Å². The van der Waals surface area contributed by atoms with E-state index in [4.69, 9.17) is 4.98 Å². The van der Waals surface area contributed by atoms with E-state index < -0.39 is 17.6 Å². The van der Waals surface area contributed by atoms with Crippen LogP contribution in [0.2, 0.25) is 0 Å². The quantitative estimate of drug-likeness (QED) is 0.165. The molecule has 3 aromatic carbocycles. The zero-order chi connectivity index (χ0) is 37.5. The molecule has 2 aliphatic heterocycles. The van der Waals surface area contributed by atoms with Crippen LogP contribution in [0.5, 0.6) is 0 Å². The average Bonchev–Trinajstić information content (AvgIpc) is 3.78. The van der Waals surface area contributed by atoms with Gasteiger partial charge in [0.1, 0.15) is 23.3 Å². The van der Waals surface area contributed by atoms with Gasteiger partial charge in [0.25, 0.3) is 0 Å². The number of aromatic amines is 2. The number of hydrogen-bond acceptors (Lipinski definition) is 4. The third-order valence-electron chi connectivity index (χ3n) is 12.5. The third-order valence-corrected chi connectivity index (χ3v) is 12.5. The minimum absolute atomic E-state index is 0.0248. The van der Waals surface area contributed by atoms with Crippen LogP contribution >= 0.6 is 0 Å². The van der Waals surface area contributed by atoms with E-state index in [2.05, 4.69) is 45.5 Å². The molecule has 2 amide bonds. The Hall–Kier alpha value is -5.30. The molecule has 0 bridgehead atoms. The maximum absolute atomic E-state index is 13.9. The number of amides is 2. The summed E-state index contributed by atoms with van der Waals surface area (Å²) in [6.07, 6.45) is 6.87. The summed E-state index contributed by atoms with van der Waals surface area (Å²) < 4.78 is 27.9. The first-order valence-corrected chi connectivity index (χ1v) is 19.2. The number of nitrogens with one attached hydrogen (secondary N) is 2. The number of aromatic nitrogens is 4. The Morgan fingerprint density at radius 1 is 0.852 bits per heavy atom. The molecule has 276 valence electrons. The van der Waals surface area contributed by atoms with Gasteiger partial charge in [-0.3, -0.25) is 9.59 Å². The number of hydrogen-bond donors (Lipinski definition) is 2. The number of nitrogens with zero attached hydrogens (tertiary/aromatic N) is 4. The van der Waals surface area contributed by atoms with Gasteiger partial charge in [-0.2, -0.15) is 0 Å². The summed E-state index contributed by atoms with van der Waals surface area (Å²) in [6.45, 7) is 8.79. The molecule has 54 heavy (non-hydrogen) atoms. The minimum atomic E-state index is -0.687. The van der Waals surface area contributed by atoms with Crippen molar-refractivity contribution in [3.05, 3.63) is 107 Å². The summed E-state index contributed by atoms with van der Waals surface area (Å²) >= 11 is 0. The normalized spacial score (nSPS) is 23.4. The van der Waals surface area contributed by atoms with Crippen LogP contribution in [-0.2, 0) is 9.59 Å². The van der Waals surface area contributed by atoms with Crippen LogP contribution < -0.4 is 0 Å². The standard InChI is InChI=1S/C44H44F2N6O2/c1-24(2)25(3)42(53)51-23-44(13-14-44)21-39(51)41-48-34-12-9-28(15-35(34)49-41)6-5-27-7-10-29(11-8-27)36-22-47-40(50-36)38-19-31-18-37(31)52(38)43(54)26(4)30-16-32(45)20-33(46)17-30/h7-12,15-17,20,22,24-26,31,37-39H,13-14,18-19,21,23H2,1-4H3,(H,47,50)(H,48,49)/t25-,26+,31+,37+,38-,39-/m0/s1. The van der Waals surface area contributed by atoms with E-state index in [1.807, 2.05) is 54.3 Å². The minimum Gasteiger partial charge on any atom is -0.340 e. The summed E-state index contributed by atoms with van der Waals surface area (Å²) in [7, 11) is 0. The Morgan fingerprint density at radius 3 is 2.30 bits per heavy atom. The fraction of sp³-hybridized carbons (Fsp3) is 0.409. The van der Waals surface area contributed by atoms with Crippen molar-refractivity contribution in [2.75, 3.05) is 6.54 Å². The third kappa shape index (κ3) is 6.27. The number of benzene rings is 3. The Morgan fingerprint density at radius 2 is 1.57 bits per heavy atom.